The zero-order chi connectivity index (χ0) is 14.0. The molecule has 2 aromatic rings. The molecule has 1 aromatic heterocycles. The van der Waals surface area contributed by atoms with Gasteiger partial charge in [0.2, 0.25) is 0 Å². The molecule has 0 atom stereocenters. The molecule has 2 rings (SSSR count). The van der Waals surface area contributed by atoms with E-state index in [4.69, 9.17) is 0 Å². The molecule has 19 heavy (non-hydrogen) atoms. The molecular formula is C11H7F3IN3O. The Morgan fingerprint density at radius 1 is 1.26 bits per heavy atom. The highest BCUT2D eigenvalue weighted by molar-refractivity contribution is 14.1. The summed E-state index contributed by atoms with van der Waals surface area (Å²) in [6, 6.07) is 7.40. The number of nitrogens with zero attached hydrogens (tertiary/aromatic N) is 3. The summed E-state index contributed by atoms with van der Waals surface area (Å²) in [4.78, 5) is 10.9. The van der Waals surface area contributed by atoms with Crippen molar-refractivity contribution in [2.24, 2.45) is 0 Å². The molecule has 1 heterocycles. The first-order chi connectivity index (χ1) is 8.86. The summed E-state index contributed by atoms with van der Waals surface area (Å²) in [7, 11) is 0. The van der Waals surface area contributed by atoms with E-state index in [0.29, 0.717) is 0 Å². The molecule has 0 saturated heterocycles. The van der Waals surface area contributed by atoms with Crippen molar-refractivity contribution in [1.29, 1.82) is 0 Å². The van der Waals surface area contributed by atoms with Crippen LogP contribution in [0.3, 0.4) is 0 Å². The van der Waals surface area contributed by atoms with Crippen molar-refractivity contribution in [2.75, 3.05) is 0 Å². The lowest BCUT2D eigenvalue weighted by atomic mass is 10.2. The third kappa shape index (κ3) is 3.52. The number of rotatable bonds is 3. The molecule has 0 aliphatic rings. The van der Waals surface area contributed by atoms with Crippen LogP contribution in [-0.4, -0.2) is 27.0 Å². The van der Waals surface area contributed by atoms with Gasteiger partial charge in [0.25, 0.3) is 5.78 Å². The molecule has 0 fully saturated rings. The largest absolute Gasteiger partial charge is 0.456 e. The lowest BCUT2D eigenvalue weighted by molar-refractivity contribution is -0.0888. The Kier molecular flexibility index (Phi) is 3.88. The van der Waals surface area contributed by atoms with Crippen LogP contribution in [0.2, 0.25) is 0 Å². The molecule has 0 saturated carbocycles. The van der Waals surface area contributed by atoms with E-state index in [2.05, 4.69) is 32.9 Å². The van der Waals surface area contributed by atoms with Crippen LogP contribution in [0.25, 0.3) is 0 Å². The molecule has 4 nitrogen and oxygen atoms in total. The predicted octanol–water partition coefficient (Wildman–Crippen LogP) is 2.68. The van der Waals surface area contributed by atoms with Gasteiger partial charge in [-0.2, -0.15) is 13.2 Å². The Hall–Kier alpha value is -1.45. The normalized spacial score (nSPS) is 11.6. The quantitative estimate of drug-likeness (QED) is 0.607. The Balaban J connectivity index is 2.14. The van der Waals surface area contributed by atoms with Gasteiger partial charge in [0.15, 0.2) is 5.69 Å². The second kappa shape index (κ2) is 5.27. The average Bonchev–Trinajstić information content (AvgIpc) is 2.78. The highest BCUT2D eigenvalue weighted by Crippen LogP contribution is 2.20. The van der Waals surface area contributed by atoms with Gasteiger partial charge in [-0.1, -0.05) is 17.3 Å². The number of aromatic nitrogens is 3. The van der Waals surface area contributed by atoms with Crippen molar-refractivity contribution in [2.45, 2.75) is 12.7 Å². The number of benzene rings is 1. The van der Waals surface area contributed by atoms with Gasteiger partial charge in [0.05, 0.1) is 12.7 Å². The molecule has 0 unspecified atom stereocenters. The summed E-state index contributed by atoms with van der Waals surface area (Å²) >= 11 is 2.14. The zero-order valence-electron chi connectivity index (χ0n) is 9.36. The maximum Gasteiger partial charge on any atom is 0.456 e. The molecule has 0 aliphatic heterocycles. The minimum absolute atomic E-state index is 0.259. The number of alkyl halides is 3. The molecule has 0 N–H and O–H groups in total. The van der Waals surface area contributed by atoms with E-state index in [1.165, 1.54) is 4.68 Å². The number of carbonyl (C=O) groups excluding carboxylic acids is 1. The van der Waals surface area contributed by atoms with E-state index in [1.807, 2.05) is 24.3 Å². The van der Waals surface area contributed by atoms with Crippen molar-refractivity contribution >= 4 is 28.4 Å². The van der Waals surface area contributed by atoms with Crippen molar-refractivity contribution in [3.63, 3.8) is 0 Å². The first-order valence-corrected chi connectivity index (χ1v) is 6.20. The number of carbonyl (C=O) groups is 1. The Bertz CT molecular complexity index is 592. The lowest BCUT2D eigenvalue weighted by Crippen LogP contribution is -2.23. The third-order valence-corrected chi connectivity index (χ3v) is 3.01. The van der Waals surface area contributed by atoms with Crippen molar-refractivity contribution in [1.82, 2.24) is 15.0 Å². The fourth-order valence-corrected chi connectivity index (χ4v) is 1.76. The van der Waals surface area contributed by atoms with Crippen LogP contribution in [-0.2, 0) is 6.54 Å². The van der Waals surface area contributed by atoms with Gasteiger partial charge in [-0.05, 0) is 40.3 Å². The summed E-state index contributed by atoms with van der Waals surface area (Å²) in [6.45, 7) is 0.259. The van der Waals surface area contributed by atoms with E-state index in [9.17, 15) is 18.0 Å². The van der Waals surface area contributed by atoms with Gasteiger partial charge >= 0.3 is 6.18 Å². The second-order valence-corrected chi connectivity index (χ2v) is 5.00. The highest BCUT2D eigenvalue weighted by atomic mass is 127. The molecule has 0 bridgehead atoms. The van der Waals surface area contributed by atoms with Gasteiger partial charge < -0.3 is 0 Å². The first kappa shape index (κ1) is 14.0. The van der Waals surface area contributed by atoms with Crippen molar-refractivity contribution in [3.8, 4) is 0 Å². The second-order valence-electron chi connectivity index (χ2n) is 3.75. The van der Waals surface area contributed by atoms with Gasteiger partial charge in [0.1, 0.15) is 0 Å². The Morgan fingerprint density at radius 2 is 1.89 bits per heavy atom. The summed E-state index contributed by atoms with van der Waals surface area (Å²) in [5.74, 6) is -1.98. The van der Waals surface area contributed by atoms with Crippen LogP contribution in [0, 0.1) is 3.57 Å². The Morgan fingerprint density at radius 3 is 2.47 bits per heavy atom. The molecule has 1 aromatic carbocycles. The first-order valence-electron chi connectivity index (χ1n) is 5.12. The maximum absolute atomic E-state index is 12.2. The topological polar surface area (TPSA) is 47.8 Å². The van der Waals surface area contributed by atoms with E-state index in [-0.39, 0.29) is 6.54 Å². The van der Waals surface area contributed by atoms with Gasteiger partial charge in [-0.25, -0.2) is 4.68 Å². The average molecular weight is 381 g/mol. The Labute approximate surface area is 119 Å². The summed E-state index contributed by atoms with van der Waals surface area (Å²) in [6.07, 6.45) is -3.93. The molecule has 8 heteroatoms. The van der Waals surface area contributed by atoms with Crippen LogP contribution in [0.5, 0.6) is 0 Å². The molecular weight excluding hydrogens is 374 g/mol. The van der Waals surface area contributed by atoms with Crippen molar-refractivity contribution < 1.29 is 18.0 Å². The van der Waals surface area contributed by atoms with Gasteiger partial charge in [-0.3, -0.25) is 4.79 Å². The SMILES string of the molecule is O=C(c1cn(Cc2ccc(I)cc2)nn1)C(F)(F)F. The maximum atomic E-state index is 12.2. The molecule has 0 aliphatic carbocycles. The standard InChI is InChI=1S/C11H7F3IN3O/c12-11(13,14)10(19)9-6-18(17-16-9)5-7-1-3-8(15)4-2-7/h1-4,6H,5H2. The van der Waals surface area contributed by atoms with E-state index in [1.54, 1.807) is 0 Å². The van der Waals surface area contributed by atoms with E-state index in [0.717, 1.165) is 15.3 Å². The van der Waals surface area contributed by atoms with Crippen molar-refractivity contribution in [3.05, 3.63) is 45.3 Å². The number of hydrogen-bond acceptors (Lipinski definition) is 3. The molecule has 0 spiro atoms. The summed E-state index contributed by atoms with van der Waals surface area (Å²) in [5.41, 5.74) is 0.161. The molecule has 0 radical (unpaired) electrons. The van der Waals surface area contributed by atoms with Gasteiger partial charge in [-0.15, -0.1) is 5.10 Å². The minimum atomic E-state index is -4.93. The molecule has 0 amide bonds. The smallest absolute Gasteiger partial charge is 0.282 e. The van der Waals surface area contributed by atoms with Crippen LogP contribution in [0.15, 0.2) is 30.5 Å². The minimum Gasteiger partial charge on any atom is -0.282 e. The highest BCUT2D eigenvalue weighted by Gasteiger charge is 2.41. The van der Waals surface area contributed by atoms with E-state index < -0.39 is 17.7 Å². The molecule has 100 valence electrons. The number of Topliss-reactive ketones (excluding diaryl/α,β-unsaturated/α-hetero) is 1. The van der Waals surface area contributed by atoms with Crippen LogP contribution >= 0.6 is 22.6 Å². The van der Waals surface area contributed by atoms with E-state index >= 15 is 0 Å². The monoisotopic (exact) mass is 381 g/mol. The third-order valence-electron chi connectivity index (χ3n) is 2.29. The van der Waals surface area contributed by atoms with Crippen LogP contribution in [0.4, 0.5) is 13.2 Å². The van der Waals surface area contributed by atoms with Gasteiger partial charge in [0, 0.05) is 3.57 Å². The predicted molar refractivity (Wildman–Crippen MR) is 68.7 cm³/mol. The van der Waals surface area contributed by atoms with Crippen LogP contribution < -0.4 is 0 Å². The van der Waals surface area contributed by atoms with Crippen LogP contribution in [0.1, 0.15) is 16.1 Å². The zero-order valence-corrected chi connectivity index (χ0v) is 11.5. The fourth-order valence-electron chi connectivity index (χ4n) is 1.40. The number of ketones is 1. The number of hydrogen-bond donors (Lipinski definition) is 0. The summed E-state index contributed by atoms with van der Waals surface area (Å²) < 4.78 is 38.8. The fraction of sp³-hybridized carbons (Fsp3) is 0.182. The number of halogens is 4. The summed E-state index contributed by atoms with van der Waals surface area (Å²) in [5, 5.41) is 6.75. The lowest BCUT2D eigenvalue weighted by Gasteiger charge is -2.01.